The van der Waals surface area contributed by atoms with E-state index in [-0.39, 0.29) is 10.8 Å². The molecule has 0 saturated carbocycles. The normalized spacial score (nSPS) is 13.7. The molecule has 2 nitrogen and oxygen atoms in total. The van der Waals surface area contributed by atoms with Crippen molar-refractivity contribution in [2.45, 2.75) is 38.5 Å². The van der Waals surface area contributed by atoms with Gasteiger partial charge in [-0.15, -0.1) is 22.7 Å². The molecule has 0 unspecified atom stereocenters. The molecule has 0 amide bonds. The smallest absolute Gasteiger partial charge is 0.0468 e. The summed E-state index contributed by atoms with van der Waals surface area (Å²) in [5.74, 6) is 0. The first-order valence-corrected chi connectivity index (χ1v) is 29.4. The maximum Gasteiger partial charge on any atom is 0.0468 e. The fourth-order valence-corrected chi connectivity index (χ4v) is 15.7. The van der Waals surface area contributed by atoms with Gasteiger partial charge in [-0.1, -0.05) is 173 Å². The van der Waals surface area contributed by atoms with Crippen LogP contribution in [0.15, 0.2) is 255 Å². The Morgan fingerprint density at radius 3 is 1.01 bits per heavy atom. The van der Waals surface area contributed by atoms with E-state index >= 15 is 0 Å². The van der Waals surface area contributed by atoms with Crippen molar-refractivity contribution in [3.63, 3.8) is 0 Å². The molecule has 2 aromatic heterocycles. The van der Waals surface area contributed by atoms with E-state index in [1.807, 2.05) is 22.7 Å². The van der Waals surface area contributed by atoms with Crippen molar-refractivity contribution in [3.05, 3.63) is 277 Å². The van der Waals surface area contributed by atoms with Crippen LogP contribution in [0.5, 0.6) is 0 Å². The summed E-state index contributed by atoms with van der Waals surface area (Å²) < 4.78 is 5.18. The van der Waals surface area contributed by atoms with Gasteiger partial charge >= 0.3 is 0 Å². The third kappa shape index (κ3) is 7.29. The van der Waals surface area contributed by atoms with Gasteiger partial charge in [0.1, 0.15) is 0 Å². The molecule has 0 radical (unpaired) electrons. The second-order valence-electron chi connectivity index (χ2n) is 22.9. The predicted octanol–water partition coefficient (Wildman–Crippen LogP) is 22.5. The molecule has 14 aromatic rings. The maximum absolute atomic E-state index is 2.46. The minimum Gasteiger partial charge on any atom is -0.310 e. The van der Waals surface area contributed by atoms with Gasteiger partial charge in [-0.25, -0.2) is 0 Å². The van der Waals surface area contributed by atoms with Gasteiger partial charge in [0.05, 0.1) is 0 Å². The zero-order valence-corrected chi connectivity index (χ0v) is 46.6. The van der Waals surface area contributed by atoms with Gasteiger partial charge < -0.3 is 9.80 Å². The standard InChI is InChI=1S/C76H54N2S2/c1-75(2)67-21-13-11-19-59(67)61-35-31-57(45-69(61)75)77(53-27-23-49(24-28-53)47-15-7-5-8-16-47)55-33-37-71-65(43-55)63-39-51-40-64-66-44-56(34-38-72(66)80-74(64)42-52(51)41-73(63)79-71)78(54-29-25-50(26-30-54)48-17-9-6-10-18-48)58-32-36-62-60-20-12-14-22-68(60)76(3,4)70(62)46-58/h5-46H,1-4H3. The monoisotopic (exact) mass is 1060 g/mol. The molecule has 4 heteroatoms. The van der Waals surface area contributed by atoms with E-state index in [4.69, 9.17) is 0 Å². The average molecular weight is 1060 g/mol. The van der Waals surface area contributed by atoms with Crippen molar-refractivity contribution in [2.24, 2.45) is 0 Å². The first kappa shape index (κ1) is 47.0. The highest BCUT2D eigenvalue weighted by atomic mass is 32.1. The van der Waals surface area contributed by atoms with E-state index in [0.29, 0.717) is 0 Å². The van der Waals surface area contributed by atoms with Crippen LogP contribution in [0.4, 0.5) is 34.1 Å². The summed E-state index contributed by atoms with van der Waals surface area (Å²) >= 11 is 3.78. The highest BCUT2D eigenvalue weighted by Crippen LogP contribution is 2.53. The Morgan fingerprint density at radius 2 is 0.575 bits per heavy atom. The Hall–Kier alpha value is -9.06. The fourth-order valence-electron chi connectivity index (χ4n) is 13.5. The van der Waals surface area contributed by atoms with Crippen molar-refractivity contribution in [3.8, 4) is 44.5 Å². The Morgan fingerprint density at radius 1 is 0.250 bits per heavy atom. The molecule has 2 aliphatic carbocycles. The molecule has 0 bridgehead atoms. The summed E-state index contributed by atoms with van der Waals surface area (Å²) in [7, 11) is 0. The molecule has 0 saturated heterocycles. The van der Waals surface area contributed by atoms with Gasteiger partial charge in [-0.3, -0.25) is 0 Å². The van der Waals surface area contributed by atoms with Crippen LogP contribution in [0.1, 0.15) is 49.9 Å². The minimum absolute atomic E-state index is 0.123. The lowest BCUT2D eigenvalue weighted by atomic mass is 9.82. The van der Waals surface area contributed by atoms with Crippen molar-refractivity contribution in [1.29, 1.82) is 0 Å². The van der Waals surface area contributed by atoms with Gasteiger partial charge in [0.15, 0.2) is 0 Å². The van der Waals surface area contributed by atoms with Crippen molar-refractivity contribution >= 4 is 108 Å². The molecule has 12 aromatic carbocycles. The van der Waals surface area contributed by atoms with Gasteiger partial charge in [-0.2, -0.15) is 0 Å². The van der Waals surface area contributed by atoms with E-state index in [2.05, 4.69) is 292 Å². The van der Waals surface area contributed by atoms with Crippen molar-refractivity contribution in [1.82, 2.24) is 0 Å². The highest BCUT2D eigenvalue weighted by molar-refractivity contribution is 7.26. The molecule has 0 N–H and O–H groups in total. The summed E-state index contributed by atoms with van der Waals surface area (Å²) in [6.07, 6.45) is 0. The number of anilines is 6. The lowest BCUT2D eigenvalue weighted by molar-refractivity contribution is 0.660. The SMILES string of the molecule is CC1(C)c2ccccc2-c2ccc(N(c3ccc(-c4ccccc4)cc3)c3ccc4sc5cc6cc7sc8ccc(N(c9ccc(-c%10ccccc%10)cc9)c9ccc%10c(c9)C(C)(C)c9ccccc9-%10)cc8c7cc6cc5c4c3)cc21. The van der Waals surface area contributed by atoms with Crippen LogP contribution in [0.3, 0.4) is 0 Å². The van der Waals surface area contributed by atoms with E-state index in [1.54, 1.807) is 0 Å². The van der Waals surface area contributed by atoms with E-state index < -0.39 is 0 Å². The second kappa shape index (κ2) is 17.7. The fraction of sp³-hybridized carbons (Fsp3) is 0.0789. The number of benzene rings is 12. The number of nitrogens with zero attached hydrogens (tertiary/aromatic N) is 2. The molecule has 0 aliphatic heterocycles. The molecule has 0 atom stereocenters. The second-order valence-corrected chi connectivity index (χ2v) is 25.1. The molecule has 16 rings (SSSR count). The number of thiophene rings is 2. The van der Waals surface area contributed by atoms with Crippen LogP contribution >= 0.6 is 22.7 Å². The third-order valence-corrected chi connectivity index (χ3v) is 19.9. The Kier molecular flexibility index (Phi) is 10.4. The van der Waals surface area contributed by atoms with Crippen molar-refractivity contribution < 1.29 is 0 Å². The molecule has 0 spiro atoms. The zero-order valence-electron chi connectivity index (χ0n) is 45.0. The van der Waals surface area contributed by atoms with E-state index in [0.717, 1.165) is 34.1 Å². The third-order valence-electron chi connectivity index (χ3n) is 17.6. The van der Waals surface area contributed by atoms with Crippen molar-refractivity contribution in [2.75, 3.05) is 9.80 Å². The molecule has 80 heavy (non-hydrogen) atoms. The highest BCUT2D eigenvalue weighted by Gasteiger charge is 2.37. The van der Waals surface area contributed by atoms with Gasteiger partial charge in [-0.05, 0) is 187 Å². The zero-order chi connectivity index (χ0) is 53.4. The topological polar surface area (TPSA) is 6.48 Å². The lowest BCUT2D eigenvalue weighted by Crippen LogP contribution is -2.16. The first-order valence-electron chi connectivity index (χ1n) is 27.8. The summed E-state index contributed by atoms with van der Waals surface area (Å²) in [6.45, 7) is 9.48. The van der Waals surface area contributed by atoms with Crippen LogP contribution in [0.2, 0.25) is 0 Å². The molecule has 2 heterocycles. The summed E-state index contributed by atoms with van der Waals surface area (Å²) in [5, 5.41) is 7.65. The van der Waals surface area contributed by atoms with Crippen LogP contribution in [-0.4, -0.2) is 0 Å². The van der Waals surface area contributed by atoms with Gasteiger partial charge in [0.25, 0.3) is 0 Å². The molecule has 380 valence electrons. The number of hydrogen-bond acceptors (Lipinski definition) is 4. The van der Waals surface area contributed by atoms with Crippen LogP contribution in [0.25, 0.3) is 95.6 Å². The molecular formula is C76H54N2S2. The lowest BCUT2D eigenvalue weighted by Gasteiger charge is -2.28. The largest absolute Gasteiger partial charge is 0.310 e. The average Bonchev–Trinajstić information content (AvgIpc) is 4.39. The maximum atomic E-state index is 2.46. The minimum atomic E-state index is -0.123. The first-order chi connectivity index (χ1) is 39.1. The van der Waals surface area contributed by atoms with Gasteiger partial charge in [0.2, 0.25) is 0 Å². The number of rotatable bonds is 8. The Labute approximate surface area is 474 Å². The van der Waals surface area contributed by atoms with Crippen LogP contribution < -0.4 is 9.80 Å². The Bertz CT molecular complexity index is 4510. The molecular weight excluding hydrogens is 1000 g/mol. The summed E-state index contributed by atoms with van der Waals surface area (Å²) in [6, 6.07) is 95.6. The molecule has 2 aliphatic rings. The van der Waals surface area contributed by atoms with Crippen LogP contribution in [-0.2, 0) is 10.8 Å². The summed E-state index contributed by atoms with van der Waals surface area (Å²) in [5.41, 5.74) is 22.2. The Balaban J connectivity index is 0.822. The van der Waals surface area contributed by atoms with E-state index in [1.165, 1.54) is 118 Å². The summed E-state index contributed by atoms with van der Waals surface area (Å²) in [4.78, 5) is 4.92. The quantitative estimate of drug-likeness (QED) is 0.150. The number of fused-ring (bicyclic) bond motifs is 13. The van der Waals surface area contributed by atoms with Gasteiger partial charge in [0, 0.05) is 85.3 Å². The number of hydrogen-bond donors (Lipinski definition) is 0. The molecule has 0 fully saturated rings. The van der Waals surface area contributed by atoms with Crippen LogP contribution in [0, 0.1) is 0 Å². The van der Waals surface area contributed by atoms with E-state index in [9.17, 15) is 0 Å². The predicted molar refractivity (Wildman–Crippen MR) is 345 cm³/mol.